The lowest BCUT2D eigenvalue weighted by atomic mass is 9.97. The number of benzene rings is 2. The van der Waals surface area contributed by atoms with Gasteiger partial charge in [-0.15, -0.1) is 0 Å². The van der Waals surface area contributed by atoms with Gasteiger partial charge in [-0.3, -0.25) is 4.98 Å². The highest BCUT2D eigenvalue weighted by Crippen LogP contribution is 2.28. The van der Waals surface area contributed by atoms with E-state index >= 15 is 0 Å². The van der Waals surface area contributed by atoms with Crippen molar-refractivity contribution in [2.45, 2.75) is 12.5 Å². The number of aliphatic hydroxyl groups is 1. The van der Waals surface area contributed by atoms with Crippen LogP contribution in [0.15, 0.2) is 60.9 Å². The lowest BCUT2D eigenvalue weighted by Crippen LogP contribution is -2.04. The monoisotopic (exact) mass is 279 g/mol. The molecular weight excluding hydrogens is 262 g/mol. The van der Waals surface area contributed by atoms with E-state index in [0.29, 0.717) is 6.42 Å². The highest BCUT2D eigenvalue weighted by Gasteiger charge is 2.14. The van der Waals surface area contributed by atoms with E-state index in [1.807, 2.05) is 48.5 Å². The molecule has 3 aromatic rings. The maximum absolute atomic E-state index is 10.6. The van der Waals surface area contributed by atoms with Crippen LogP contribution in [0, 0.1) is 0 Å². The summed E-state index contributed by atoms with van der Waals surface area (Å²) in [7, 11) is 1.65. The van der Waals surface area contributed by atoms with E-state index in [-0.39, 0.29) is 0 Å². The first-order valence-electron chi connectivity index (χ1n) is 6.92. The van der Waals surface area contributed by atoms with Crippen LogP contribution in [0.4, 0.5) is 0 Å². The van der Waals surface area contributed by atoms with Crippen molar-refractivity contribution in [1.82, 2.24) is 4.98 Å². The maximum atomic E-state index is 10.6. The van der Waals surface area contributed by atoms with E-state index in [9.17, 15) is 5.11 Å². The molecule has 106 valence electrons. The molecule has 0 saturated heterocycles. The lowest BCUT2D eigenvalue weighted by molar-refractivity contribution is 0.179. The smallest absolute Gasteiger partial charge is 0.122 e. The number of fused-ring (bicyclic) bond motifs is 1. The zero-order valence-corrected chi connectivity index (χ0v) is 11.9. The van der Waals surface area contributed by atoms with Crippen molar-refractivity contribution in [2.75, 3.05) is 7.11 Å². The molecule has 1 aromatic heterocycles. The van der Waals surface area contributed by atoms with Crippen LogP contribution in [0.3, 0.4) is 0 Å². The number of pyridine rings is 1. The second-order valence-corrected chi connectivity index (χ2v) is 4.98. The normalized spacial score (nSPS) is 12.3. The van der Waals surface area contributed by atoms with Crippen molar-refractivity contribution in [2.24, 2.45) is 0 Å². The summed E-state index contributed by atoms with van der Waals surface area (Å²) in [6, 6.07) is 15.7. The van der Waals surface area contributed by atoms with Crippen molar-refractivity contribution in [3.8, 4) is 5.75 Å². The molecule has 0 aliphatic carbocycles. The predicted octanol–water partition coefficient (Wildman–Crippen LogP) is 3.52. The van der Waals surface area contributed by atoms with E-state index < -0.39 is 6.10 Å². The molecule has 0 saturated carbocycles. The Kier molecular flexibility index (Phi) is 3.84. The molecule has 0 amide bonds. The van der Waals surface area contributed by atoms with E-state index in [1.54, 1.807) is 19.5 Å². The molecule has 1 atom stereocenters. The summed E-state index contributed by atoms with van der Waals surface area (Å²) < 4.78 is 5.35. The Morgan fingerprint density at radius 2 is 1.95 bits per heavy atom. The van der Waals surface area contributed by atoms with Gasteiger partial charge in [-0.05, 0) is 28.6 Å². The first-order chi connectivity index (χ1) is 10.3. The first kappa shape index (κ1) is 13.6. The summed E-state index contributed by atoms with van der Waals surface area (Å²) >= 11 is 0. The Morgan fingerprint density at radius 1 is 1.10 bits per heavy atom. The van der Waals surface area contributed by atoms with Crippen LogP contribution in [-0.2, 0) is 6.42 Å². The molecule has 1 N–H and O–H groups in total. The molecule has 0 bridgehead atoms. The average Bonchev–Trinajstić information content (AvgIpc) is 2.54. The minimum Gasteiger partial charge on any atom is -0.496 e. The fraction of sp³-hybridized carbons (Fsp3) is 0.167. The Labute approximate surface area is 123 Å². The zero-order valence-electron chi connectivity index (χ0n) is 11.9. The van der Waals surface area contributed by atoms with Crippen LogP contribution < -0.4 is 4.74 Å². The van der Waals surface area contributed by atoms with Gasteiger partial charge in [0.2, 0.25) is 0 Å². The summed E-state index contributed by atoms with van der Waals surface area (Å²) in [5, 5.41) is 12.7. The van der Waals surface area contributed by atoms with Gasteiger partial charge in [0.15, 0.2) is 0 Å². The van der Waals surface area contributed by atoms with Gasteiger partial charge in [-0.25, -0.2) is 0 Å². The molecule has 1 heterocycles. The minimum atomic E-state index is -0.589. The van der Waals surface area contributed by atoms with Crippen LogP contribution >= 0.6 is 0 Å². The van der Waals surface area contributed by atoms with Crippen LogP contribution in [0.25, 0.3) is 10.8 Å². The number of hydrogen-bond donors (Lipinski definition) is 1. The van der Waals surface area contributed by atoms with Crippen molar-refractivity contribution in [3.63, 3.8) is 0 Å². The van der Waals surface area contributed by atoms with Crippen molar-refractivity contribution >= 4 is 10.8 Å². The number of aliphatic hydroxyl groups excluding tert-OH is 1. The van der Waals surface area contributed by atoms with Crippen molar-refractivity contribution < 1.29 is 9.84 Å². The quantitative estimate of drug-likeness (QED) is 0.794. The van der Waals surface area contributed by atoms with Crippen LogP contribution in [-0.4, -0.2) is 17.2 Å². The number of para-hydroxylation sites is 1. The summed E-state index contributed by atoms with van der Waals surface area (Å²) in [4.78, 5) is 4.16. The highest BCUT2D eigenvalue weighted by atomic mass is 16.5. The number of methoxy groups -OCH3 is 1. The Balaban J connectivity index is 1.96. The fourth-order valence-corrected chi connectivity index (χ4v) is 2.62. The van der Waals surface area contributed by atoms with E-state index in [1.165, 1.54) is 0 Å². The summed E-state index contributed by atoms with van der Waals surface area (Å²) in [6.45, 7) is 0. The topological polar surface area (TPSA) is 42.4 Å². The van der Waals surface area contributed by atoms with Gasteiger partial charge in [0.25, 0.3) is 0 Å². The molecule has 3 rings (SSSR count). The van der Waals surface area contributed by atoms with Crippen molar-refractivity contribution in [3.05, 3.63) is 72.1 Å². The second-order valence-electron chi connectivity index (χ2n) is 4.98. The summed E-state index contributed by atoms with van der Waals surface area (Å²) in [5.41, 5.74) is 1.89. The average molecular weight is 279 g/mol. The molecule has 0 aliphatic rings. The molecule has 1 unspecified atom stereocenters. The minimum absolute atomic E-state index is 0.512. The van der Waals surface area contributed by atoms with E-state index in [4.69, 9.17) is 4.74 Å². The molecule has 3 nitrogen and oxygen atoms in total. The van der Waals surface area contributed by atoms with E-state index in [0.717, 1.165) is 27.6 Å². The highest BCUT2D eigenvalue weighted by molar-refractivity contribution is 5.85. The van der Waals surface area contributed by atoms with Crippen LogP contribution in [0.5, 0.6) is 5.75 Å². The third-order valence-corrected chi connectivity index (χ3v) is 3.68. The number of nitrogens with zero attached hydrogens (tertiary/aromatic N) is 1. The lowest BCUT2D eigenvalue weighted by Gasteiger charge is -2.15. The van der Waals surface area contributed by atoms with Gasteiger partial charge in [-0.2, -0.15) is 0 Å². The standard InChI is InChI=1S/C18H17NO2/c1-21-18-8-3-2-5-14(18)11-17(20)15-7-4-6-13-9-10-19-12-16(13)15/h2-10,12,17,20H,11H2,1H3. The molecule has 0 aliphatic heterocycles. The van der Waals surface area contributed by atoms with Gasteiger partial charge >= 0.3 is 0 Å². The van der Waals surface area contributed by atoms with Gasteiger partial charge < -0.3 is 9.84 Å². The van der Waals surface area contributed by atoms with Gasteiger partial charge in [0.05, 0.1) is 13.2 Å². The third-order valence-electron chi connectivity index (χ3n) is 3.68. The Bertz CT molecular complexity index is 750. The Hall–Kier alpha value is -2.39. The molecular formula is C18H17NO2. The molecule has 0 radical (unpaired) electrons. The SMILES string of the molecule is COc1ccccc1CC(O)c1cccc2ccncc12. The molecule has 21 heavy (non-hydrogen) atoms. The van der Waals surface area contributed by atoms with Gasteiger partial charge in [0.1, 0.15) is 5.75 Å². The number of ether oxygens (including phenoxy) is 1. The van der Waals surface area contributed by atoms with Gasteiger partial charge in [-0.1, -0.05) is 36.4 Å². The predicted molar refractivity (Wildman–Crippen MR) is 83.4 cm³/mol. The fourth-order valence-electron chi connectivity index (χ4n) is 2.62. The van der Waals surface area contributed by atoms with Crippen LogP contribution in [0.1, 0.15) is 17.2 Å². The third kappa shape index (κ3) is 2.73. The molecule has 3 heteroatoms. The zero-order chi connectivity index (χ0) is 14.7. The van der Waals surface area contributed by atoms with Crippen molar-refractivity contribution in [1.29, 1.82) is 0 Å². The van der Waals surface area contributed by atoms with E-state index in [2.05, 4.69) is 4.98 Å². The molecule has 0 fully saturated rings. The van der Waals surface area contributed by atoms with Gasteiger partial charge in [0, 0.05) is 24.2 Å². The molecule has 0 spiro atoms. The second kappa shape index (κ2) is 5.94. The first-order valence-corrected chi connectivity index (χ1v) is 6.92. The summed E-state index contributed by atoms with van der Waals surface area (Å²) in [6.07, 6.45) is 3.49. The number of rotatable bonds is 4. The molecule has 2 aromatic carbocycles. The Morgan fingerprint density at radius 3 is 2.81 bits per heavy atom. The number of aromatic nitrogens is 1. The largest absolute Gasteiger partial charge is 0.496 e. The summed E-state index contributed by atoms with van der Waals surface area (Å²) in [5.74, 6) is 0.801. The number of hydrogen-bond acceptors (Lipinski definition) is 3. The van der Waals surface area contributed by atoms with Crippen LogP contribution in [0.2, 0.25) is 0 Å². The maximum Gasteiger partial charge on any atom is 0.122 e.